The summed E-state index contributed by atoms with van der Waals surface area (Å²) in [6.45, 7) is 0. The number of sulfonamides is 2. The number of hydrazine groups is 2. The average molecular weight is 218 g/mol. The van der Waals surface area contributed by atoms with Crippen molar-refractivity contribution < 1.29 is 16.8 Å². The van der Waals surface area contributed by atoms with Gasteiger partial charge in [-0.15, -0.1) is 0 Å². The van der Waals surface area contributed by atoms with Crippen LogP contribution in [0.15, 0.2) is 0 Å². The Balaban J connectivity index is 4.20. The molecule has 8 nitrogen and oxygen atoms in total. The van der Waals surface area contributed by atoms with E-state index < -0.39 is 31.6 Å². The molecule has 0 aliphatic carbocycles. The summed E-state index contributed by atoms with van der Waals surface area (Å²) in [5.41, 5.74) is 0. The van der Waals surface area contributed by atoms with Gasteiger partial charge in [-0.1, -0.05) is 0 Å². The quantitative estimate of drug-likeness (QED) is 0.279. The molecule has 0 radical (unpaired) electrons. The molecular weight excluding hydrogens is 208 g/mol. The molecule has 0 spiro atoms. The van der Waals surface area contributed by atoms with Crippen LogP contribution in [0.5, 0.6) is 0 Å². The van der Waals surface area contributed by atoms with E-state index in [-0.39, 0.29) is 0 Å². The van der Waals surface area contributed by atoms with Gasteiger partial charge >= 0.3 is 0 Å². The lowest BCUT2D eigenvalue weighted by Crippen LogP contribution is -2.39. The van der Waals surface area contributed by atoms with E-state index in [0.717, 1.165) is 0 Å². The van der Waals surface area contributed by atoms with Gasteiger partial charge in [0, 0.05) is 0 Å². The van der Waals surface area contributed by atoms with Gasteiger partial charge in [0.1, 0.15) is 0 Å². The Bertz CT molecular complexity index is 283. The van der Waals surface area contributed by atoms with Crippen LogP contribution in [-0.4, -0.2) is 28.3 Å². The van der Waals surface area contributed by atoms with E-state index in [9.17, 15) is 16.8 Å². The van der Waals surface area contributed by atoms with Crippen molar-refractivity contribution in [1.82, 2.24) is 9.66 Å². The Labute approximate surface area is 70.3 Å². The first-order valence-corrected chi connectivity index (χ1v) is 6.03. The molecule has 12 heavy (non-hydrogen) atoms. The zero-order valence-corrected chi connectivity index (χ0v) is 7.65. The molecule has 0 rings (SSSR count). The Hall–Kier alpha value is -0.260. The molecule has 0 atom stereocenters. The summed E-state index contributed by atoms with van der Waals surface area (Å²) in [6.07, 6.45) is 0. The summed E-state index contributed by atoms with van der Waals surface area (Å²) < 4.78 is 42.4. The molecule has 0 saturated carbocycles. The molecule has 0 aromatic heterocycles. The molecule has 0 fully saturated rings. The summed E-state index contributed by atoms with van der Waals surface area (Å²) in [6, 6.07) is 0. The molecule has 10 heteroatoms. The van der Waals surface area contributed by atoms with Crippen molar-refractivity contribution in [1.29, 1.82) is 0 Å². The minimum absolute atomic E-state index is 0.629. The Morgan fingerprint density at radius 1 is 0.833 bits per heavy atom. The summed E-state index contributed by atoms with van der Waals surface area (Å²) in [5.74, 6) is 7.93. The van der Waals surface area contributed by atoms with Crippen LogP contribution in [0.3, 0.4) is 0 Å². The first-order valence-electron chi connectivity index (χ1n) is 2.73. The molecule has 0 aliphatic rings. The van der Waals surface area contributed by atoms with Crippen molar-refractivity contribution >= 4 is 20.0 Å². The van der Waals surface area contributed by atoms with Gasteiger partial charge in [0.05, 0.1) is 11.5 Å². The van der Waals surface area contributed by atoms with E-state index in [1.54, 1.807) is 0 Å². The van der Waals surface area contributed by atoms with Gasteiger partial charge in [-0.25, -0.2) is 16.8 Å². The maximum atomic E-state index is 10.6. The number of nitrogens with two attached hydrogens (primary N) is 2. The van der Waals surface area contributed by atoms with E-state index in [1.165, 1.54) is 9.66 Å². The first kappa shape index (κ1) is 11.7. The van der Waals surface area contributed by atoms with Gasteiger partial charge in [0.15, 0.2) is 0 Å². The number of hydrogen-bond acceptors (Lipinski definition) is 6. The Morgan fingerprint density at radius 3 is 1.25 bits per heavy atom. The summed E-state index contributed by atoms with van der Waals surface area (Å²) >= 11 is 0. The van der Waals surface area contributed by atoms with E-state index in [2.05, 4.69) is 11.7 Å². The maximum Gasteiger partial charge on any atom is 0.225 e. The predicted octanol–water partition coefficient (Wildman–Crippen LogP) is -3.43. The molecule has 0 amide bonds. The highest BCUT2D eigenvalue weighted by Gasteiger charge is 2.14. The maximum absolute atomic E-state index is 10.6. The van der Waals surface area contributed by atoms with Crippen LogP contribution in [-0.2, 0) is 20.0 Å². The Morgan fingerprint density at radius 2 is 1.08 bits per heavy atom. The van der Waals surface area contributed by atoms with Gasteiger partial charge in [0.25, 0.3) is 0 Å². The number of hydrogen-bond donors (Lipinski definition) is 4. The van der Waals surface area contributed by atoms with Gasteiger partial charge in [-0.05, 0) is 0 Å². The van der Waals surface area contributed by atoms with Crippen LogP contribution in [0.2, 0.25) is 0 Å². The molecular formula is C2H10N4O4S2. The van der Waals surface area contributed by atoms with Crippen LogP contribution in [0.25, 0.3) is 0 Å². The summed E-state index contributed by atoms with van der Waals surface area (Å²) in [7, 11) is -7.42. The van der Waals surface area contributed by atoms with Crippen molar-refractivity contribution in [3.8, 4) is 0 Å². The molecule has 0 saturated heterocycles. The second-order valence-electron chi connectivity index (χ2n) is 1.87. The van der Waals surface area contributed by atoms with Crippen LogP contribution in [0, 0.1) is 0 Å². The minimum Gasteiger partial charge on any atom is -0.258 e. The van der Waals surface area contributed by atoms with Crippen molar-refractivity contribution in [3.05, 3.63) is 0 Å². The summed E-state index contributed by atoms with van der Waals surface area (Å²) in [5, 5.41) is 0. The molecule has 0 aromatic rings. The molecule has 0 aromatic carbocycles. The third kappa shape index (κ3) is 4.58. The number of nitrogens with one attached hydrogen (secondary N) is 2. The van der Waals surface area contributed by atoms with E-state index >= 15 is 0 Å². The summed E-state index contributed by atoms with van der Waals surface area (Å²) in [4.78, 5) is 2.95. The fourth-order valence-corrected chi connectivity index (χ4v) is 2.33. The topological polar surface area (TPSA) is 144 Å². The standard InChI is InChI=1S/C2H10N4O4S2/c3-5-11(7,8)1-2-12(9,10)6-4/h5-6H,1-4H2. The highest BCUT2D eigenvalue weighted by Crippen LogP contribution is 1.86. The Kier molecular flexibility index (Phi) is 4.02. The van der Waals surface area contributed by atoms with Gasteiger partial charge in [0.2, 0.25) is 20.0 Å². The van der Waals surface area contributed by atoms with Crippen molar-refractivity contribution in [2.24, 2.45) is 11.7 Å². The molecule has 0 unspecified atom stereocenters. The number of rotatable bonds is 5. The molecule has 74 valence electrons. The molecule has 0 bridgehead atoms. The van der Waals surface area contributed by atoms with Gasteiger partial charge in [-0.3, -0.25) is 11.7 Å². The zero-order valence-electron chi connectivity index (χ0n) is 6.02. The van der Waals surface area contributed by atoms with E-state index in [1.807, 2.05) is 0 Å². The molecule has 0 aliphatic heterocycles. The monoisotopic (exact) mass is 218 g/mol. The van der Waals surface area contributed by atoms with E-state index in [0.29, 0.717) is 0 Å². The smallest absolute Gasteiger partial charge is 0.225 e. The lowest BCUT2D eigenvalue weighted by atomic mass is 11.0. The SMILES string of the molecule is NNS(=O)(=O)CCS(=O)(=O)NN. The van der Waals surface area contributed by atoms with E-state index in [4.69, 9.17) is 0 Å². The molecule has 6 N–H and O–H groups in total. The normalized spacial score (nSPS) is 13.2. The van der Waals surface area contributed by atoms with Crippen molar-refractivity contribution in [2.45, 2.75) is 0 Å². The van der Waals surface area contributed by atoms with Gasteiger partial charge in [-0.2, -0.15) is 9.66 Å². The van der Waals surface area contributed by atoms with Gasteiger partial charge < -0.3 is 0 Å². The van der Waals surface area contributed by atoms with Crippen molar-refractivity contribution in [3.63, 3.8) is 0 Å². The van der Waals surface area contributed by atoms with Crippen LogP contribution in [0.1, 0.15) is 0 Å². The average Bonchev–Trinajstić information content (AvgIpc) is 2.02. The fraction of sp³-hybridized carbons (Fsp3) is 1.00. The third-order valence-corrected chi connectivity index (χ3v) is 3.44. The van der Waals surface area contributed by atoms with Crippen LogP contribution in [0.4, 0.5) is 0 Å². The minimum atomic E-state index is -3.71. The highest BCUT2D eigenvalue weighted by atomic mass is 32.2. The lowest BCUT2D eigenvalue weighted by molar-refractivity contribution is 0.575. The van der Waals surface area contributed by atoms with Crippen LogP contribution < -0.4 is 21.3 Å². The van der Waals surface area contributed by atoms with Crippen molar-refractivity contribution in [2.75, 3.05) is 11.5 Å². The zero-order chi connectivity index (χ0) is 9.83. The highest BCUT2D eigenvalue weighted by molar-refractivity contribution is 7.93. The fourth-order valence-electron chi connectivity index (χ4n) is 0.337. The first-order chi connectivity index (χ1) is 5.33. The third-order valence-electron chi connectivity index (χ3n) is 0.980. The second kappa shape index (κ2) is 4.11. The second-order valence-corrected chi connectivity index (χ2v) is 5.62. The largest absolute Gasteiger partial charge is 0.258 e. The van der Waals surface area contributed by atoms with Crippen LogP contribution >= 0.6 is 0 Å². The molecule has 0 heterocycles. The lowest BCUT2D eigenvalue weighted by Gasteiger charge is -2.01. The predicted molar refractivity (Wildman–Crippen MR) is 42.2 cm³/mol.